The maximum Gasteiger partial charge on any atom is 0.0873 e. The molecule has 0 heterocycles. The second-order valence-electron chi connectivity index (χ2n) is 5.32. The van der Waals surface area contributed by atoms with E-state index in [4.69, 9.17) is 28.9 Å². The Balaban J connectivity index is 2.40. The van der Waals surface area contributed by atoms with E-state index >= 15 is 0 Å². The van der Waals surface area contributed by atoms with Crippen LogP contribution in [0.5, 0.6) is 0 Å². The topological polar surface area (TPSA) is 46.2 Å². The molecule has 2 unspecified atom stereocenters. The zero-order valence-electron chi connectivity index (χ0n) is 12.1. The van der Waals surface area contributed by atoms with Gasteiger partial charge in [0.2, 0.25) is 0 Å². The van der Waals surface area contributed by atoms with Crippen LogP contribution in [-0.4, -0.2) is 11.7 Å². The molecule has 3 N–H and O–H groups in total. The van der Waals surface area contributed by atoms with Crippen LogP contribution in [0, 0.1) is 13.8 Å². The molecule has 0 bridgehead atoms. The molecule has 0 aliphatic carbocycles. The number of halogens is 2. The number of rotatable bonds is 4. The van der Waals surface area contributed by atoms with E-state index in [1.807, 2.05) is 38.1 Å². The Hall–Kier alpha value is -1.06. The van der Waals surface area contributed by atoms with E-state index in [9.17, 15) is 5.11 Å². The molecule has 0 fully saturated rings. The van der Waals surface area contributed by atoms with Crippen molar-refractivity contribution in [2.75, 3.05) is 6.54 Å². The lowest BCUT2D eigenvalue weighted by atomic mass is 9.87. The van der Waals surface area contributed by atoms with Crippen molar-refractivity contribution in [1.29, 1.82) is 0 Å². The van der Waals surface area contributed by atoms with E-state index in [0.717, 1.165) is 22.3 Å². The second kappa shape index (κ2) is 6.80. The molecule has 21 heavy (non-hydrogen) atoms. The van der Waals surface area contributed by atoms with E-state index in [1.54, 1.807) is 12.1 Å². The first kappa shape index (κ1) is 16.3. The van der Waals surface area contributed by atoms with Crippen LogP contribution in [0.2, 0.25) is 10.0 Å². The highest BCUT2D eigenvalue weighted by Gasteiger charge is 2.23. The van der Waals surface area contributed by atoms with Gasteiger partial charge >= 0.3 is 0 Å². The number of nitrogens with two attached hydrogens (primary N) is 1. The number of benzene rings is 2. The van der Waals surface area contributed by atoms with Crippen LogP contribution in [-0.2, 0) is 0 Å². The van der Waals surface area contributed by atoms with Crippen LogP contribution in [0.1, 0.15) is 34.3 Å². The second-order valence-corrected chi connectivity index (χ2v) is 6.14. The maximum absolute atomic E-state index is 10.7. The van der Waals surface area contributed by atoms with Crippen molar-refractivity contribution in [2.24, 2.45) is 5.73 Å². The predicted molar refractivity (Wildman–Crippen MR) is 89.1 cm³/mol. The van der Waals surface area contributed by atoms with E-state index in [2.05, 4.69) is 0 Å². The Kier molecular flexibility index (Phi) is 5.28. The van der Waals surface area contributed by atoms with Gasteiger partial charge in [-0.25, -0.2) is 0 Å². The van der Waals surface area contributed by atoms with Gasteiger partial charge in [0, 0.05) is 12.5 Å². The van der Waals surface area contributed by atoms with Gasteiger partial charge in [-0.3, -0.25) is 0 Å². The molecular formula is C17H19Cl2NO. The molecular weight excluding hydrogens is 305 g/mol. The molecule has 2 aromatic carbocycles. The Labute approximate surface area is 135 Å². The van der Waals surface area contributed by atoms with Gasteiger partial charge in [0.15, 0.2) is 0 Å². The lowest BCUT2D eigenvalue weighted by Gasteiger charge is -2.24. The summed E-state index contributed by atoms with van der Waals surface area (Å²) >= 11 is 12.0. The van der Waals surface area contributed by atoms with Gasteiger partial charge in [0.25, 0.3) is 0 Å². The molecule has 0 amide bonds. The summed E-state index contributed by atoms with van der Waals surface area (Å²) in [4.78, 5) is 0. The summed E-state index contributed by atoms with van der Waals surface area (Å²) in [5, 5.41) is 11.7. The number of hydrogen-bond donors (Lipinski definition) is 2. The molecule has 0 radical (unpaired) electrons. The summed E-state index contributed by atoms with van der Waals surface area (Å²) in [6.07, 6.45) is -0.674. The first-order valence-corrected chi connectivity index (χ1v) is 7.60. The van der Waals surface area contributed by atoms with Gasteiger partial charge in [-0.15, -0.1) is 0 Å². The van der Waals surface area contributed by atoms with Gasteiger partial charge in [-0.2, -0.15) is 0 Å². The smallest absolute Gasteiger partial charge is 0.0873 e. The Bertz CT molecular complexity index is 643. The summed E-state index contributed by atoms with van der Waals surface area (Å²) in [5.41, 5.74) is 9.83. The largest absolute Gasteiger partial charge is 0.388 e. The van der Waals surface area contributed by atoms with Gasteiger partial charge in [-0.05, 0) is 42.7 Å². The maximum atomic E-state index is 10.7. The van der Waals surface area contributed by atoms with Crippen molar-refractivity contribution in [2.45, 2.75) is 25.9 Å². The van der Waals surface area contributed by atoms with Crippen molar-refractivity contribution in [1.82, 2.24) is 0 Å². The van der Waals surface area contributed by atoms with Crippen LogP contribution in [0.25, 0.3) is 0 Å². The first-order chi connectivity index (χ1) is 9.93. The van der Waals surface area contributed by atoms with Gasteiger partial charge in [0.05, 0.1) is 16.1 Å². The summed E-state index contributed by atoms with van der Waals surface area (Å²) in [7, 11) is 0. The molecule has 2 aromatic rings. The molecule has 2 nitrogen and oxygen atoms in total. The van der Waals surface area contributed by atoms with Crippen LogP contribution >= 0.6 is 23.2 Å². The summed E-state index contributed by atoms with van der Waals surface area (Å²) < 4.78 is 0. The van der Waals surface area contributed by atoms with E-state index < -0.39 is 6.10 Å². The summed E-state index contributed by atoms with van der Waals surface area (Å²) in [6.45, 7) is 4.32. The fourth-order valence-electron chi connectivity index (χ4n) is 2.49. The van der Waals surface area contributed by atoms with Crippen molar-refractivity contribution in [3.63, 3.8) is 0 Å². The summed E-state index contributed by atoms with van der Waals surface area (Å²) in [6, 6.07) is 11.4. The Morgan fingerprint density at radius 1 is 1.05 bits per heavy atom. The van der Waals surface area contributed by atoms with E-state index in [1.165, 1.54) is 0 Å². The fraction of sp³-hybridized carbons (Fsp3) is 0.294. The molecule has 2 rings (SSSR count). The number of aliphatic hydroxyl groups excluding tert-OH is 1. The molecule has 0 aliphatic heterocycles. The van der Waals surface area contributed by atoms with Crippen LogP contribution in [0.4, 0.5) is 0 Å². The molecule has 112 valence electrons. The number of aryl methyl sites for hydroxylation is 2. The Morgan fingerprint density at radius 3 is 2.38 bits per heavy atom. The monoisotopic (exact) mass is 323 g/mol. The highest BCUT2D eigenvalue weighted by molar-refractivity contribution is 6.42. The van der Waals surface area contributed by atoms with Gasteiger partial charge in [-0.1, -0.05) is 53.0 Å². The Morgan fingerprint density at radius 2 is 1.76 bits per heavy atom. The predicted octanol–water partition coefficient (Wildman–Crippen LogP) is 4.39. The molecule has 0 aliphatic rings. The minimum absolute atomic E-state index is 0.222. The molecule has 0 saturated carbocycles. The minimum atomic E-state index is -0.674. The fourth-order valence-corrected chi connectivity index (χ4v) is 2.79. The first-order valence-electron chi connectivity index (χ1n) is 6.84. The van der Waals surface area contributed by atoms with Crippen molar-refractivity contribution < 1.29 is 5.11 Å². The molecule has 0 spiro atoms. The van der Waals surface area contributed by atoms with Crippen molar-refractivity contribution in [3.05, 3.63) is 68.7 Å². The van der Waals surface area contributed by atoms with Crippen LogP contribution in [0.3, 0.4) is 0 Å². The SMILES string of the molecule is Cc1ccc(C)c(C(O)C(CN)c2ccc(Cl)c(Cl)c2)c1. The third kappa shape index (κ3) is 3.58. The number of aliphatic hydroxyl groups is 1. The quantitative estimate of drug-likeness (QED) is 0.876. The molecule has 0 saturated heterocycles. The zero-order valence-corrected chi connectivity index (χ0v) is 13.6. The highest BCUT2D eigenvalue weighted by Crippen LogP contribution is 2.35. The van der Waals surface area contributed by atoms with Crippen molar-refractivity contribution >= 4 is 23.2 Å². The molecule has 0 aromatic heterocycles. The van der Waals surface area contributed by atoms with E-state index in [0.29, 0.717) is 16.6 Å². The average Bonchev–Trinajstić information content (AvgIpc) is 2.46. The summed E-state index contributed by atoms with van der Waals surface area (Å²) in [5.74, 6) is -0.222. The van der Waals surface area contributed by atoms with Crippen LogP contribution < -0.4 is 5.73 Å². The average molecular weight is 324 g/mol. The zero-order chi connectivity index (χ0) is 15.6. The van der Waals surface area contributed by atoms with Gasteiger partial charge < -0.3 is 10.8 Å². The van der Waals surface area contributed by atoms with Crippen LogP contribution in [0.15, 0.2) is 36.4 Å². The normalized spacial score (nSPS) is 14.0. The minimum Gasteiger partial charge on any atom is -0.388 e. The van der Waals surface area contributed by atoms with E-state index in [-0.39, 0.29) is 5.92 Å². The third-order valence-electron chi connectivity index (χ3n) is 3.76. The highest BCUT2D eigenvalue weighted by atomic mass is 35.5. The molecule has 2 atom stereocenters. The standard InChI is InChI=1S/C17H19Cl2NO/c1-10-3-4-11(2)13(7-10)17(21)14(9-20)12-5-6-15(18)16(19)8-12/h3-8,14,17,21H,9,20H2,1-2H3. The van der Waals surface area contributed by atoms with Gasteiger partial charge in [0.1, 0.15) is 0 Å². The lowest BCUT2D eigenvalue weighted by Crippen LogP contribution is -2.21. The van der Waals surface area contributed by atoms with Crippen molar-refractivity contribution in [3.8, 4) is 0 Å². The third-order valence-corrected chi connectivity index (χ3v) is 4.50. The lowest BCUT2D eigenvalue weighted by molar-refractivity contribution is 0.146. The number of hydrogen-bond acceptors (Lipinski definition) is 2. The molecule has 4 heteroatoms.